The fourth-order valence-corrected chi connectivity index (χ4v) is 3.51. The summed E-state index contributed by atoms with van der Waals surface area (Å²) in [7, 11) is 1.85. The van der Waals surface area contributed by atoms with Crippen LogP contribution in [0, 0.1) is 5.92 Å². The number of hydrogen-bond donors (Lipinski definition) is 3. The fraction of sp³-hybridized carbons (Fsp3) is 0.800. The van der Waals surface area contributed by atoms with Crippen molar-refractivity contribution >= 4 is 5.96 Å². The molecule has 0 saturated carbocycles. The number of rotatable bonds is 7. The largest absolute Gasteiger partial charge is 0.383 e. The van der Waals surface area contributed by atoms with Crippen LogP contribution in [-0.4, -0.2) is 64.0 Å². The van der Waals surface area contributed by atoms with Gasteiger partial charge in [-0.25, -0.2) is 0 Å². The lowest BCUT2D eigenvalue weighted by molar-refractivity contribution is 0.0614. The first-order chi connectivity index (χ1) is 12.6. The predicted molar refractivity (Wildman–Crippen MR) is 111 cm³/mol. The maximum atomic E-state index is 10.8. The van der Waals surface area contributed by atoms with Gasteiger partial charge in [-0.15, -0.1) is 0 Å². The summed E-state index contributed by atoms with van der Waals surface area (Å²) in [5, 5.41) is 21.5. The third-order valence-electron chi connectivity index (χ3n) is 5.41. The third-order valence-corrected chi connectivity index (χ3v) is 5.41. The van der Waals surface area contributed by atoms with Crippen LogP contribution in [0.1, 0.15) is 53.0 Å². The van der Waals surface area contributed by atoms with Crippen LogP contribution < -0.4 is 10.6 Å². The third kappa shape index (κ3) is 6.21. The first-order valence-corrected chi connectivity index (χ1v) is 10.1. The lowest BCUT2D eigenvalue weighted by Crippen LogP contribution is -2.51. The first-order valence-electron chi connectivity index (χ1n) is 10.1. The Morgan fingerprint density at radius 2 is 2.11 bits per heavy atom. The molecule has 0 spiro atoms. The maximum Gasteiger partial charge on any atom is 0.191 e. The molecular weight excluding hydrogens is 340 g/mol. The molecule has 1 aromatic heterocycles. The van der Waals surface area contributed by atoms with E-state index in [4.69, 9.17) is 4.99 Å². The average molecular weight is 379 g/mol. The molecule has 1 fully saturated rings. The lowest BCUT2D eigenvalue weighted by Gasteiger charge is -2.42. The number of likely N-dealkylation sites (tertiary alicyclic amines) is 1. The van der Waals surface area contributed by atoms with Gasteiger partial charge in [0.25, 0.3) is 0 Å². The van der Waals surface area contributed by atoms with E-state index in [0.717, 1.165) is 37.1 Å². The Labute approximate surface area is 164 Å². The number of piperidine rings is 1. The van der Waals surface area contributed by atoms with Gasteiger partial charge in [-0.1, -0.05) is 6.92 Å². The Bertz CT molecular complexity index is 622. The van der Waals surface area contributed by atoms with Crippen molar-refractivity contribution in [3.05, 3.63) is 18.0 Å². The van der Waals surface area contributed by atoms with Gasteiger partial charge in [0, 0.05) is 37.4 Å². The van der Waals surface area contributed by atoms with Gasteiger partial charge >= 0.3 is 0 Å². The van der Waals surface area contributed by atoms with Gasteiger partial charge in [0.15, 0.2) is 5.96 Å². The Kier molecular flexibility index (Phi) is 7.28. The number of nitrogens with one attached hydrogen (secondary N) is 2. The summed E-state index contributed by atoms with van der Waals surface area (Å²) < 4.78 is 1.70. The minimum Gasteiger partial charge on any atom is -0.383 e. The van der Waals surface area contributed by atoms with Crippen LogP contribution in [0.25, 0.3) is 0 Å². The summed E-state index contributed by atoms with van der Waals surface area (Å²) in [6.45, 7) is 14.9. The van der Waals surface area contributed by atoms with Crippen LogP contribution in [0.3, 0.4) is 0 Å². The zero-order valence-electron chi connectivity index (χ0n) is 17.9. The molecule has 0 aliphatic carbocycles. The topological polar surface area (TPSA) is 77.7 Å². The zero-order chi connectivity index (χ0) is 20.1. The normalized spacial score (nSPS) is 21.7. The molecule has 2 atom stereocenters. The van der Waals surface area contributed by atoms with E-state index in [1.165, 1.54) is 12.8 Å². The molecule has 0 amide bonds. The second-order valence-corrected chi connectivity index (χ2v) is 8.73. The maximum absolute atomic E-state index is 10.8. The molecule has 27 heavy (non-hydrogen) atoms. The SMILES string of the molecule is CCNC(=NCC(C)(C)N1CCCC(C)C1)NCC(C)(O)c1cnn(C)c1. The van der Waals surface area contributed by atoms with E-state index < -0.39 is 5.60 Å². The lowest BCUT2D eigenvalue weighted by atomic mass is 9.94. The van der Waals surface area contributed by atoms with Crippen LogP contribution in [0.15, 0.2) is 17.4 Å². The molecular formula is C20H38N6O. The van der Waals surface area contributed by atoms with E-state index in [1.807, 2.05) is 20.2 Å². The van der Waals surface area contributed by atoms with Crippen LogP contribution >= 0.6 is 0 Å². The first kappa shape index (κ1) is 21.7. The van der Waals surface area contributed by atoms with Crippen LogP contribution in [-0.2, 0) is 12.6 Å². The van der Waals surface area contributed by atoms with Crippen LogP contribution in [0.5, 0.6) is 0 Å². The highest BCUT2D eigenvalue weighted by atomic mass is 16.3. The Morgan fingerprint density at radius 3 is 2.70 bits per heavy atom. The monoisotopic (exact) mass is 378 g/mol. The minimum absolute atomic E-state index is 0.0168. The highest BCUT2D eigenvalue weighted by Gasteiger charge is 2.30. The van der Waals surface area contributed by atoms with Gasteiger partial charge in [-0.3, -0.25) is 14.6 Å². The molecule has 154 valence electrons. The van der Waals surface area contributed by atoms with E-state index in [1.54, 1.807) is 17.8 Å². The number of aliphatic hydroxyl groups is 1. The highest BCUT2D eigenvalue weighted by Crippen LogP contribution is 2.24. The zero-order valence-corrected chi connectivity index (χ0v) is 17.9. The minimum atomic E-state index is -1.01. The Morgan fingerprint density at radius 1 is 1.37 bits per heavy atom. The van der Waals surface area contributed by atoms with Crippen molar-refractivity contribution in [2.24, 2.45) is 18.0 Å². The summed E-state index contributed by atoms with van der Waals surface area (Å²) in [5.74, 6) is 1.49. The second kappa shape index (κ2) is 9.06. The van der Waals surface area contributed by atoms with E-state index in [-0.39, 0.29) is 5.54 Å². The van der Waals surface area contributed by atoms with Crippen molar-refractivity contribution in [2.75, 3.05) is 32.7 Å². The molecule has 1 aromatic rings. The number of aliphatic imine (C=N–C) groups is 1. The molecule has 1 aliphatic heterocycles. The molecule has 7 heteroatoms. The molecule has 2 heterocycles. The summed E-state index contributed by atoms with van der Waals surface area (Å²) in [6.07, 6.45) is 6.13. The average Bonchev–Trinajstić information content (AvgIpc) is 3.05. The second-order valence-electron chi connectivity index (χ2n) is 8.73. The smallest absolute Gasteiger partial charge is 0.191 e. The van der Waals surface area contributed by atoms with E-state index in [2.05, 4.69) is 41.4 Å². The van der Waals surface area contributed by atoms with Gasteiger partial charge in [-0.2, -0.15) is 5.10 Å². The Balaban J connectivity index is 1.98. The number of nitrogens with zero attached hydrogens (tertiary/aromatic N) is 4. The Hall–Kier alpha value is -1.60. The van der Waals surface area contributed by atoms with Crippen molar-refractivity contribution in [1.29, 1.82) is 0 Å². The summed E-state index contributed by atoms with van der Waals surface area (Å²) >= 11 is 0. The van der Waals surface area contributed by atoms with Gasteiger partial charge in [0.2, 0.25) is 0 Å². The van der Waals surface area contributed by atoms with Crippen LogP contribution in [0.4, 0.5) is 0 Å². The molecule has 2 unspecified atom stereocenters. The molecule has 0 aromatic carbocycles. The summed E-state index contributed by atoms with van der Waals surface area (Å²) in [5.41, 5.74) is -0.207. The number of hydrogen-bond acceptors (Lipinski definition) is 4. The molecule has 3 N–H and O–H groups in total. The highest BCUT2D eigenvalue weighted by molar-refractivity contribution is 5.79. The van der Waals surface area contributed by atoms with Crippen LogP contribution in [0.2, 0.25) is 0 Å². The van der Waals surface area contributed by atoms with Crippen molar-refractivity contribution in [2.45, 2.75) is 58.6 Å². The van der Waals surface area contributed by atoms with Crippen molar-refractivity contribution < 1.29 is 5.11 Å². The van der Waals surface area contributed by atoms with Crippen molar-refractivity contribution in [3.8, 4) is 0 Å². The molecule has 2 rings (SSSR count). The van der Waals surface area contributed by atoms with Crippen molar-refractivity contribution in [1.82, 2.24) is 25.3 Å². The summed E-state index contributed by atoms with van der Waals surface area (Å²) in [4.78, 5) is 7.36. The molecule has 1 aliphatic rings. The van der Waals surface area contributed by atoms with Gasteiger partial charge in [0.05, 0.1) is 19.3 Å². The molecule has 0 radical (unpaired) electrons. The van der Waals surface area contributed by atoms with Gasteiger partial charge < -0.3 is 15.7 Å². The van der Waals surface area contributed by atoms with Gasteiger partial charge in [0.1, 0.15) is 5.60 Å². The quantitative estimate of drug-likeness (QED) is 0.497. The van der Waals surface area contributed by atoms with Gasteiger partial charge in [-0.05, 0) is 53.0 Å². The predicted octanol–water partition coefficient (Wildman–Crippen LogP) is 1.69. The summed E-state index contributed by atoms with van der Waals surface area (Å²) in [6, 6.07) is 0. The number of guanidine groups is 1. The van der Waals surface area contributed by atoms with Crippen molar-refractivity contribution in [3.63, 3.8) is 0 Å². The molecule has 1 saturated heterocycles. The standard InChI is InChI=1S/C20H38N6O/c1-7-21-18(23-15-20(5,27)17-11-24-25(6)13-17)22-14-19(3,4)26-10-8-9-16(2)12-26/h11,13,16,27H,7-10,12,14-15H2,1-6H3,(H2,21,22,23). The van der Waals surface area contributed by atoms with E-state index >= 15 is 0 Å². The molecule has 0 bridgehead atoms. The molecule has 7 nitrogen and oxygen atoms in total. The van der Waals surface area contributed by atoms with E-state index in [0.29, 0.717) is 13.1 Å². The van der Waals surface area contributed by atoms with E-state index in [9.17, 15) is 5.11 Å². The number of aryl methyl sites for hydroxylation is 1. The fourth-order valence-electron chi connectivity index (χ4n) is 3.51. The number of aromatic nitrogens is 2.